The number of hydrogen-bond donors (Lipinski definition) is 11. The number of carboxylic acids is 1. The molecule has 2 unspecified atom stereocenters. The number of amides is 7. The second-order valence-electron chi connectivity index (χ2n) is 26.7. The van der Waals surface area contributed by atoms with Crippen molar-refractivity contribution in [2.24, 2.45) is 22.2 Å². The number of nitrogens with one attached hydrogen (secondary N) is 5. The standard InChI is InChI=1S/C70H128N11O18P/c1-4-6-8-10-12-14-16-18-20-22-24-26-28-42-62(86)96-51-54(99-63(87)43-29-27-25-23-21-19-17-15-13-11-9-7-5-2)52-98-100(94,95)97-49-46-74-59(83)40-32-41-60(84)76-50-61(85)79-64(53(3)82)66(89)77-55(36-30-31-44-71)67(90)81-48-35-39-58(81)68(91)80-47-34-38-57(80)65(88)78-56(69(92)93)37-33-45-75-70(72)73/h53-58,64,82H,4-52,71H2,1-3H3,(H,74,83)(H,76,84)(H,77,89)(H,78,88)(H,79,85)(H,92,93)(H,94,95)(H4,72,73,75)/t53-,54?,55+,56+,57+,58+,64+/m1/s1. The predicted octanol–water partition coefficient (Wildman–Crippen LogP) is 7.02. The fourth-order valence-electron chi connectivity index (χ4n) is 12.2. The van der Waals surface area contributed by atoms with Gasteiger partial charge in [0.2, 0.25) is 41.4 Å². The number of aliphatic hydroxyl groups excluding tert-OH is 1. The van der Waals surface area contributed by atoms with E-state index < -0.39 is 129 Å². The van der Waals surface area contributed by atoms with E-state index in [1.165, 1.54) is 126 Å². The summed E-state index contributed by atoms with van der Waals surface area (Å²) in [4.78, 5) is 149. The van der Waals surface area contributed by atoms with Gasteiger partial charge >= 0.3 is 25.7 Å². The Balaban J connectivity index is 1.85. The molecule has 0 aromatic carbocycles. The number of nitrogens with zero attached hydrogens (tertiary/aromatic N) is 3. The number of aliphatic hydroxyl groups is 1. The van der Waals surface area contributed by atoms with Crippen molar-refractivity contribution in [2.45, 2.75) is 320 Å². The van der Waals surface area contributed by atoms with Gasteiger partial charge in [0, 0.05) is 51.9 Å². The molecule has 8 atom stereocenters. The van der Waals surface area contributed by atoms with E-state index in [0.717, 1.165) is 44.9 Å². The lowest BCUT2D eigenvalue weighted by molar-refractivity contribution is -0.161. The number of hydrogen-bond acceptors (Lipinski definition) is 18. The number of carbonyl (C=O) groups excluding carboxylic acids is 9. The van der Waals surface area contributed by atoms with Crippen LogP contribution >= 0.6 is 7.82 Å². The third-order valence-corrected chi connectivity index (χ3v) is 18.9. The van der Waals surface area contributed by atoms with Crippen LogP contribution in [-0.4, -0.2) is 192 Å². The van der Waals surface area contributed by atoms with Gasteiger partial charge in [0.15, 0.2) is 12.1 Å². The molecule has 0 aliphatic carbocycles. The number of unbranched alkanes of at least 4 members (excludes halogenated alkanes) is 25. The van der Waals surface area contributed by atoms with E-state index in [2.05, 4.69) is 45.4 Å². The number of carboxylic acid groups (broad SMARTS) is 1. The molecule has 14 N–H and O–H groups in total. The lowest BCUT2D eigenvalue weighted by atomic mass is 10.0. The Morgan fingerprint density at radius 1 is 0.570 bits per heavy atom. The minimum atomic E-state index is -4.77. The molecular formula is C70H128N11O18P. The van der Waals surface area contributed by atoms with Crippen LogP contribution in [0.25, 0.3) is 0 Å². The molecule has 7 amide bonds. The minimum Gasteiger partial charge on any atom is -0.480 e. The predicted molar refractivity (Wildman–Crippen MR) is 380 cm³/mol. The molecular weight excluding hydrogens is 1310 g/mol. The van der Waals surface area contributed by atoms with Crippen LogP contribution in [0.4, 0.5) is 0 Å². The molecule has 0 spiro atoms. The van der Waals surface area contributed by atoms with Crippen LogP contribution in [0, 0.1) is 0 Å². The van der Waals surface area contributed by atoms with Gasteiger partial charge in [-0.2, -0.15) is 0 Å². The molecule has 0 aromatic rings. The van der Waals surface area contributed by atoms with E-state index in [1.807, 2.05) is 0 Å². The molecule has 0 radical (unpaired) electrons. The summed E-state index contributed by atoms with van der Waals surface area (Å²) < 4.78 is 34.2. The number of aliphatic imine (C=N–C) groups is 1. The highest BCUT2D eigenvalue weighted by Crippen LogP contribution is 2.43. The van der Waals surface area contributed by atoms with Crippen LogP contribution in [0.5, 0.6) is 0 Å². The summed E-state index contributed by atoms with van der Waals surface area (Å²) in [5, 5.41) is 32.9. The largest absolute Gasteiger partial charge is 0.480 e. The van der Waals surface area contributed by atoms with Crippen LogP contribution in [0.2, 0.25) is 0 Å². The van der Waals surface area contributed by atoms with Crippen molar-refractivity contribution in [1.82, 2.24) is 36.4 Å². The summed E-state index contributed by atoms with van der Waals surface area (Å²) in [5.41, 5.74) is 16.5. The Bertz CT molecular complexity index is 2460. The second-order valence-corrected chi connectivity index (χ2v) is 28.2. The van der Waals surface area contributed by atoms with Gasteiger partial charge in [-0.15, -0.1) is 0 Å². The lowest BCUT2D eigenvalue weighted by Crippen LogP contribution is -2.60. The molecule has 100 heavy (non-hydrogen) atoms. The van der Waals surface area contributed by atoms with Gasteiger partial charge in [-0.25, -0.2) is 9.36 Å². The minimum absolute atomic E-state index is 0.0250. The summed E-state index contributed by atoms with van der Waals surface area (Å²) in [6.45, 7) is 4.13. The Kier molecular flexibility index (Phi) is 50.1. The zero-order valence-electron chi connectivity index (χ0n) is 60.7. The van der Waals surface area contributed by atoms with E-state index in [4.69, 9.17) is 35.7 Å². The fraction of sp³-hybridized carbons (Fsp3) is 0.843. The first kappa shape index (κ1) is 90.1. The van der Waals surface area contributed by atoms with E-state index in [9.17, 15) is 67.6 Å². The second kappa shape index (κ2) is 55.6. The molecule has 30 heteroatoms. The molecule has 2 aliphatic rings. The Morgan fingerprint density at radius 3 is 1.61 bits per heavy atom. The van der Waals surface area contributed by atoms with Gasteiger partial charge in [0.05, 0.1) is 25.9 Å². The maximum atomic E-state index is 14.3. The van der Waals surface area contributed by atoms with Crippen LogP contribution in [0.3, 0.4) is 0 Å². The number of phosphoric ester groups is 1. The van der Waals surface area contributed by atoms with E-state index in [0.29, 0.717) is 38.5 Å². The fourth-order valence-corrected chi connectivity index (χ4v) is 12.9. The summed E-state index contributed by atoms with van der Waals surface area (Å²) in [5.74, 6) is -7.19. The summed E-state index contributed by atoms with van der Waals surface area (Å²) >= 11 is 0. The number of phosphoric acid groups is 1. The third-order valence-electron chi connectivity index (χ3n) is 17.9. The summed E-state index contributed by atoms with van der Waals surface area (Å²) in [6.07, 6.45) is 29.8. The van der Waals surface area contributed by atoms with Gasteiger partial charge in [-0.3, -0.25) is 57.2 Å². The molecule has 2 saturated heterocycles. The maximum Gasteiger partial charge on any atom is 0.472 e. The Morgan fingerprint density at radius 2 is 1.08 bits per heavy atom. The number of likely N-dealkylation sites (tertiary alicyclic amines) is 2. The first-order valence-corrected chi connectivity index (χ1v) is 39.2. The van der Waals surface area contributed by atoms with Crippen molar-refractivity contribution in [3.05, 3.63) is 0 Å². The molecule has 0 aromatic heterocycles. The highest BCUT2D eigenvalue weighted by molar-refractivity contribution is 7.47. The topological polar surface area (TPSA) is 442 Å². The van der Waals surface area contributed by atoms with Gasteiger partial charge in [0.1, 0.15) is 36.8 Å². The van der Waals surface area contributed by atoms with Crippen LogP contribution in [0.1, 0.15) is 278 Å². The quantitative estimate of drug-likeness (QED) is 0.00957. The van der Waals surface area contributed by atoms with Crippen molar-refractivity contribution in [2.75, 3.05) is 59.1 Å². The molecule has 0 bridgehead atoms. The van der Waals surface area contributed by atoms with Gasteiger partial charge in [0.25, 0.3) is 0 Å². The number of aliphatic carboxylic acids is 1. The highest BCUT2D eigenvalue weighted by Gasteiger charge is 2.44. The molecule has 0 saturated carbocycles. The number of esters is 2. The number of nitrogens with two attached hydrogens (primary N) is 3. The van der Waals surface area contributed by atoms with Crippen LogP contribution in [0.15, 0.2) is 4.99 Å². The number of ether oxygens (including phenoxy) is 2. The Hall–Kier alpha value is -6.00. The molecule has 2 fully saturated rings. The monoisotopic (exact) mass is 1440 g/mol. The normalized spacial score (nSPS) is 16.5. The van der Waals surface area contributed by atoms with Crippen molar-refractivity contribution in [3.63, 3.8) is 0 Å². The highest BCUT2D eigenvalue weighted by atomic mass is 31.2. The lowest BCUT2D eigenvalue weighted by Gasteiger charge is -2.33. The number of guanidine groups is 1. The third kappa shape index (κ3) is 42.4. The zero-order chi connectivity index (χ0) is 73.8. The molecule has 29 nitrogen and oxygen atoms in total. The van der Waals surface area contributed by atoms with E-state index >= 15 is 0 Å². The van der Waals surface area contributed by atoms with Crippen molar-refractivity contribution in [1.29, 1.82) is 0 Å². The SMILES string of the molecule is CCCCCCCCCCCCCCCC(=O)OCC(COP(=O)(O)OCCNC(=O)CCCC(=O)NCC(=O)N[C@H](C(=O)N[C@@H](CCCCN)C(=O)N1CCC[C@H]1C(=O)N1CCC[C@H]1C(=O)N[C@@H](CCCN=C(N)N)C(=O)O)[C@@H](C)O)OC(=O)CCCCCCCCCCCCCCC. The average Bonchev–Trinajstić information content (AvgIpc) is 1.63. The van der Waals surface area contributed by atoms with Crippen molar-refractivity contribution >= 4 is 73.0 Å². The first-order chi connectivity index (χ1) is 48.0. The summed E-state index contributed by atoms with van der Waals surface area (Å²) in [7, 11) is -4.77. The summed E-state index contributed by atoms with van der Waals surface area (Å²) in [6, 6.07) is -6.10. The number of rotatable bonds is 61. The maximum absolute atomic E-state index is 14.3. The van der Waals surface area contributed by atoms with Gasteiger partial charge < -0.3 is 78.2 Å². The van der Waals surface area contributed by atoms with Crippen LogP contribution < -0.4 is 43.8 Å². The molecule has 2 rings (SSSR count). The molecule has 2 aliphatic heterocycles. The van der Waals surface area contributed by atoms with E-state index in [-0.39, 0.29) is 109 Å². The number of carbonyl (C=O) groups is 10. The van der Waals surface area contributed by atoms with Crippen molar-refractivity contribution in [3.8, 4) is 0 Å². The molecule has 2 heterocycles. The smallest absolute Gasteiger partial charge is 0.472 e. The van der Waals surface area contributed by atoms with E-state index in [1.54, 1.807) is 0 Å². The Labute approximate surface area is 594 Å². The van der Waals surface area contributed by atoms with Gasteiger partial charge in [-0.05, 0) is 90.5 Å². The molecule has 576 valence electrons. The van der Waals surface area contributed by atoms with Crippen LogP contribution in [-0.2, 0) is 71.0 Å². The van der Waals surface area contributed by atoms with Crippen molar-refractivity contribution < 1.29 is 86.1 Å². The zero-order valence-corrected chi connectivity index (χ0v) is 61.6. The average molecular weight is 1440 g/mol. The first-order valence-electron chi connectivity index (χ1n) is 37.7. The van der Waals surface area contributed by atoms with Gasteiger partial charge in [-0.1, -0.05) is 168 Å².